The Morgan fingerprint density at radius 1 is 0.618 bits per heavy atom. The molecule has 0 amide bonds. The van der Waals surface area contributed by atoms with Gasteiger partial charge in [0, 0.05) is 62.5 Å². The fourth-order valence-electron chi connectivity index (χ4n) is 3.49. The number of halogens is 1. The number of benzene rings is 4. The molecule has 8 nitrogen and oxygen atoms in total. The van der Waals surface area contributed by atoms with Crippen molar-refractivity contribution in [2.75, 3.05) is 38.0 Å². The van der Waals surface area contributed by atoms with E-state index in [4.69, 9.17) is 20.8 Å². The molecule has 0 N–H and O–H groups in total. The van der Waals surface area contributed by atoms with E-state index in [1.807, 2.05) is 111 Å². The van der Waals surface area contributed by atoms with Crippen LogP contribution in [0.3, 0.4) is 0 Å². The van der Waals surface area contributed by atoms with E-state index in [2.05, 4.69) is 9.95 Å². The summed E-state index contributed by atoms with van der Waals surface area (Å²) in [5.74, 6) is 0. The van der Waals surface area contributed by atoms with Gasteiger partial charge < -0.3 is 24.2 Å². The highest BCUT2D eigenvalue weighted by molar-refractivity contribution is 6.27. The lowest BCUT2D eigenvalue weighted by Gasteiger charge is -2.14. The van der Waals surface area contributed by atoms with Gasteiger partial charge in [-0.1, -0.05) is 36.4 Å². The highest BCUT2D eigenvalue weighted by Gasteiger charge is 2.15. The summed E-state index contributed by atoms with van der Waals surface area (Å²) in [4.78, 5) is 10.7. The van der Waals surface area contributed by atoms with Gasteiger partial charge in [-0.2, -0.15) is 0 Å². The lowest BCUT2D eigenvalue weighted by Crippen LogP contribution is -2.39. The zero-order chi connectivity index (χ0) is 25.3. The molecule has 4 aromatic carbocycles. The molecular weight excluding hydrogens is 434 g/mol. The molecule has 0 radical (unpaired) electrons. The van der Waals surface area contributed by atoms with E-state index in [1.54, 1.807) is 0 Å². The molecule has 0 unspecified atom stereocenters. The molecule has 0 bridgehead atoms. The molecule has 0 heterocycles. The fraction of sp³-hybridized carbons (Fsp3) is 0.167. The Labute approximate surface area is 197 Å². The lowest BCUT2D eigenvalue weighted by atomic mass is 10.1. The van der Waals surface area contributed by atoms with Crippen LogP contribution in [0.2, 0.25) is 0 Å². The standard InChI is InChI=1S/2C12H12N3.BFO2/c2*1-15(2)12-8-7-11(14-13)9-5-3-4-6-10(9)12;2-1(3)4/h2*3-8H,1-2H3;/q2*+1;-2. The molecule has 4 rings (SSSR count). The van der Waals surface area contributed by atoms with E-state index >= 15 is 0 Å². The number of anilines is 2. The van der Waals surface area contributed by atoms with E-state index in [0.717, 1.165) is 32.9 Å². The van der Waals surface area contributed by atoms with Gasteiger partial charge in [0.05, 0.1) is 10.8 Å². The monoisotopic (exact) mass is 458 g/mol. The third kappa shape index (κ3) is 6.39. The molecule has 0 aliphatic heterocycles. The summed E-state index contributed by atoms with van der Waals surface area (Å²) in [6.07, 6.45) is 0. The second-order valence-electron chi connectivity index (χ2n) is 7.56. The van der Waals surface area contributed by atoms with Gasteiger partial charge in [0.2, 0.25) is 10.8 Å². The van der Waals surface area contributed by atoms with Crippen molar-refractivity contribution in [3.63, 3.8) is 0 Å². The Bertz CT molecular complexity index is 1250. The lowest BCUT2D eigenvalue weighted by molar-refractivity contribution is -0.366. The Morgan fingerprint density at radius 2 is 0.912 bits per heavy atom. The van der Waals surface area contributed by atoms with Crippen LogP contribution in [0.5, 0.6) is 0 Å². The summed E-state index contributed by atoms with van der Waals surface area (Å²) < 4.78 is 9.89. The number of hydrogen-bond acceptors (Lipinski definition) is 6. The summed E-state index contributed by atoms with van der Waals surface area (Å²) in [5.41, 5.74) is 3.46. The van der Waals surface area contributed by atoms with E-state index in [-0.39, 0.29) is 0 Å². The molecule has 10 heteroatoms. The molecule has 0 saturated heterocycles. The van der Waals surface area contributed by atoms with Crippen LogP contribution in [0, 0.1) is 10.8 Å². The van der Waals surface area contributed by atoms with Crippen LogP contribution >= 0.6 is 0 Å². The predicted molar refractivity (Wildman–Crippen MR) is 133 cm³/mol. The zero-order valence-corrected chi connectivity index (χ0v) is 19.4. The van der Waals surface area contributed by atoms with E-state index in [9.17, 15) is 4.32 Å². The summed E-state index contributed by atoms with van der Waals surface area (Å²) in [6, 6.07) is 23.4. The Hall–Kier alpha value is -4.25. The zero-order valence-electron chi connectivity index (χ0n) is 19.4. The number of diazo groups is 2. The van der Waals surface area contributed by atoms with Crippen LogP contribution in [0.15, 0.2) is 72.8 Å². The topological polar surface area (TPSA) is 109 Å². The van der Waals surface area contributed by atoms with Gasteiger partial charge in [0.25, 0.3) is 0 Å². The quantitative estimate of drug-likeness (QED) is 0.325. The van der Waals surface area contributed by atoms with Crippen molar-refractivity contribution < 1.29 is 14.4 Å². The molecule has 4 aromatic rings. The number of nitrogens with zero attached hydrogens (tertiary/aromatic N) is 6. The second-order valence-corrected chi connectivity index (χ2v) is 7.56. The van der Waals surface area contributed by atoms with Gasteiger partial charge in [-0.3, -0.25) is 0 Å². The summed E-state index contributed by atoms with van der Waals surface area (Å²) >= 11 is 0. The molecule has 0 atom stereocenters. The first-order valence-electron chi connectivity index (χ1n) is 10.2. The first-order valence-corrected chi connectivity index (χ1v) is 10.2. The molecule has 0 aliphatic rings. The average molecular weight is 458 g/mol. The molecule has 0 fully saturated rings. The minimum Gasteiger partial charge on any atom is -0.867 e. The fourth-order valence-corrected chi connectivity index (χ4v) is 3.49. The molecular formula is C24H24BFN6O2. The average Bonchev–Trinajstić information content (AvgIpc) is 2.82. The van der Waals surface area contributed by atoms with Gasteiger partial charge in [-0.15, -0.1) is 0 Å². The van der Waals surface area contributed by atoms with Crippen molar-refractivity contribution in [2.24, 2.45) is 0 Å². The summed E-state index contributed by atoms with van der Waals surface area (Å²) in [7, 11) is 4.82. The van der Waals surface area contributed by atoms with Crippen LogP contribution in [0.1, 0.15) is 0 Å². The highest BCUT2D eigenvalue weighted by Crippen LogP contribution is 2.33. The highest BCUT2D eigenvalue weighted by atomic mass is 19.1. The van der Waals surface area contributed by atoms with Crippen molar-refractivity contribution in [3.8, 4) is 0 Å². The second kappa shape index (κ2) is 12.1. The Kier molecular flexibility index (Phi) is 9.27. The van der Waals surface area contributed by atoms with Crippen molar-refractivity contribution >= 4 is 51.7 Å². The van der Waals surface area contributed by atoms with Gasteiger partial charge in [-0.25, -0.2) is 0 Å². The summed E-state index contributed by atoms with van der Waals surface area (Å²) in [6.45, 7) is 0. The van der Waals surface area contributed by atoms with Crippen molar-refractivity contribution in [3.05, 3.63) is 82.7 Å². The largest absolute Gasteiger partial charge is 0.867 e. The van der Waals surface area contributed by atoms with Crippen molar-refractivity contribution in [2.45, 2.75) is 0 Å². The van der Waals surface area contributed by atoms with Crippen LogP contribution in [-0.2, 0) is 0 Å². The smallest absolute Gasteiger partial charge is 0.392 e. The van der Waals surface area contributed by atoms with Crippen LogP contribution in [0.25, 0.3) is 31.5 Å². The Balaban J connectivity index is 0.000000208. The van der Waals surface area contributed by atoms with E-state index < -0.39 is 7.40 Å². The maximum atomic E-state index is 9.89. The number of hydrogen-bond donors (Lipinski definition) is 0. The van der Waals surface area contributed by atoms with Crippen LogP contribution in [-0.4, -0.2) is 35.6 Å². The van der Waals surface area contributed by atoms with E-state index in [0.29, 0.717) is 11.4 Å². The minimum atomic E-state index is -3.17. The predicted octanol–water partition coefficient (Wildman–Crippen LogP) is 4.44. The van der Waals surface area contributed by atoms with Gasteiger partial charge in [-0.05, 0) is 24.3 Å². The third-order valence-corrected chi connectivity index (χ3v) is 4.94. The maximum Gasteiger partial charge on any atom is 0.392 e. The first-order chi connectivity index (χ1) is 16.2. The van der Waals surface area contributed by atoms with Crippen molar-refractivity contribution in [1.29, 1.82) is 10.8 Å². The first kappa shape index (κ1) is 26.0. The summed E-state index contributed by atoms with van der Waals surface area (Å²) in [5, 5.41) is 38.5. The maximum absolute atomic E-state index is 9.89. The molecule has 0 aliphatic carbocycles. The SMILES string of the molecule is CN(C)c1ccc([N+]#N)c2ccccc12.CN(C)c1ccc([N+]#N)c2ccccc12.[O-]B([O-])F. The molecule has 0 spiro atoms. The normalized spacial score (nSPS) is 9.56. The molecule has 0 aromatic heterocycles. The van der Waals surface area contributed by atoms with Gasteiger partial charge >= 0.3 is 11.4 Å². The van der Waals surface area contributed by atoms with Gasteiger partial charge in [0.1, 0.15) is 7.40 Å². The third-order valence-electron chi connectivity index (χ3n) is 4.94. The van der Waals surface area contributed by atoms with Crippen LogP contribution in [0.4, 0.5) is 27.1 Å². The minimum absolute atomic E-state index is 0.608. The van der Waals surface area contributed by atoms with Crippen LogP contribution < -0.4 is 19.8 Å². The number of rotatable bonds is 2. The number of fused-ring (bicyclic) bond motifs is 2. The molecule has 172 valence electrons. The van der Waals surface area contributed by atoms with Gasteiger partial charge in [0.15, 0.2) is 9.95 Å². The van der Waals surface area contributed by atoms with Crippen molar-refractivity contribution in [1.82, 2.24) is 0 Å². The molecule has 0 saturated carbocycles. The molecule has 34 heavy (non-hydrogen) atoms. The van der Waals surface area contributed by atoms with E-state index in [1.165, 1.54) is 0 Å². The Morgan fingerprint density at radius 3 is 1.18 bits per heavy atom.